The summed E-state index contributed by atoms with van der Waals surface area (Å²) in [6.45, 7) is 6.25. The smallest absolute Gasteiger partial charge is 0.266 e. The highest BCUT2D eigenvalue weighted by molar-refractivity contribution is 6.05. The van der Waals surface area contributed by atoms with Crippen LogP contribution in [0, 0.1) is 12.7 Å². The van der Waals surface area contributed by atoms with E-state index in [9.17, 15) is 22.8 Å². The van der Waals surface area contributed by atoms with E-state index in [4.69, 9.17) is 0 Å². The fourth-order valence-corrected chi connectivity index (χ4v) is 5.41. The zero-order valence-electron chi connectivity index (χ0n) is 21.3. The predicted molar refractivity (Wildman–Crippen MR) is 133 cm³/mol. The van der Waals surface area contributed by atoms with Gasteiger partial charge in [0.2, 0.25) is 5.91 Å². The molecule has 1 atom stereocenters. The largest absolute Gasteiger partial charge is 0.363 e. The van der Waals surface area contributed by atoms with Gasteiger partial charge >= 0.3 is 0 Å². The number of anilines is 1. The topological polar surface area (TPSA) is 122 Å². The molecule has 6 rings (SSSR count). The number of nitrogens with zero attached hydrogens (tertiary/aromatic N) is 8. The highest BCUT2D eigenvalue weighted by Gasteiger charge is 2.56. The quantitative estimate of drug-likeness (QED) is 0.411. The third kappa shape index (κ3) is 3.84. The van der Waals surface area contributed by atoms with Gasteiger partial charge in [-0.3, -0.25) is 9.59 Å². The molecule has 0 unspecified atom stereocenters. The molecule has 0 radical (unpaired) electrons. The number of aromatic nitrogens is 6. The minimum Gasteiger partial charge on any atom is -0.363 e. The maximum Gasteiger partial charge on any atom is 0.266 e. The number of rotatable bonds is 5. The van der Waals surface area contributed by atoms with Crippen molar-refractivity contribution >= 4 is 34.3 Å². The van der Waals surface area contributed by atoms with E-state index in [2.05, 4.69) is 30.8 Å². The lowest BCUT2D eigenvalue weighted by Crippen LogP contribution is -2.78. The summed E-state index contributed by atoms with van der Waals surface area (Å²) >= 11 is 0. The summed E-state index contributed by atoms with van der Waals surface area (Å²) in [6, 6.07) is 4.69. The maximum atomic E-state index is 14.9. The predicted octanol–water partition coefficient (Wildman–Crippen LogP) is 3.07. The second kappa shape index (κ2) is 8.85. The third-order valence-corrected chi connectivity index (χ3v) is 7.61. The van der Waals surface area contributed by atoms with Crippen LogP contribution in [0.5, 0.6) is 0 Å². The number of fused-ring (bicyclic) bond motifs is 3. The van der Waals surface area contributed by atoms with Crippen molar-refractivity contribution in [2.45, 2.75) is 45.2 Å². The molecule has 0 saturated carbocycles. The highest BCUT2D eigenvalue weighted by Crippen LogP contribution is 2.41. The lowest BCUT2D eigenvalue weighted by atomic mass is 9.77. The molecule has 3 aromatic heterocycles. The van der Waals surface area contributed by atoms with Gasteiger partial charge in [0, 0.05) is 32.1 Å². The molecule has 4 aromatic rings. The Morgan fingerprint density at radius 3 is 2.54 bits per heavy atom. The summed E-state index contributed by atoms with van der Waals surface area (Å²) in [7, 11) is 0. The standard InChI is InChI=1S/C25H24F3N9O2/c1-12(15-5-4-6-16(19(15)26)20(27)28)29-21-17-9-18(23-32-33-34-37(23)22(17)31-13(2)30-21)24(39)36-8-7-25(36)10-35(11-25)14(3)38/h4-6,9,12,20H,7-8,10-11H2,1-3H3,(H,29,30,31)/t12-/m1/s1. The molecular formula is C25H24F3N9O2. The van der Waals surface area contributed by atoms with Gasteiger partial charge in [-0.15, -0.1) is 5.10 Å². The average Bonchev–Trinajstić information content (AvgIpc) is 3.32. The molecule has 202 valence electrons. The maximum absolute atomic E-state index is 14.9. The molecule has 2 aliphatic heterocycles. The normalized spacial score (nSPS) is 17.0. The van der Waals surface area contributed by atoms with Crippen molar-refractivity contribution in [3.8, 4) is 0 Å². The van der Waals surface area contributed by atoms with Crippen LogP contribution in [0.25, 0.3) is 16.7 Å². The summed E-state index contributed by atoms with van der Waals surface area (Å²) in [5.41, 5.74) is -0.294. The van der Waals surface area contributed by atoms with Crippen LogP contribution >= 0.6 is 0 Å². The van der Waals surface area contributed by atoms with Crippen LogP contribution in [-0.4, -0.2) is 76.8 Å². The van der Waals surface area contributed by atoms with Crippen LogP contribution in [0.4, 0.5) is 19.0 Å². The fourth-order valence-electron chi connectivity index (χ4n) is 5.41. The Morgan fingerprint density at radius 1 is 1.13 bits per heavy atom. The van der Waals surface area contributed by atoms with Gasteiger partial charge in [-0.2, -0.15) is 4.52 Å². The number of pyridine rings is 1. The number of carbonyl (C=O) groups is 2. The van der Waals surface area contributed by atoms with E-state index < -0.39 is 29.4 Å². The van der Waals surface area contributed by atoms with Gasteiger partial charge < -0.3 is 15.1 Å². The van der Waals surface area contributed by atoms with Crippen LogP contribution in [0.2, 0.25) is 0 Å². The molecule has 5 heterocycles. The number of aryl methyl sites for hydroxylation is 1. The summed E-state index contributed by atoms with van der Waals surface area (Å²) in [5.74, 6) is -0.702. The number of likely N-dealkylation sites (tertiary alicyclic amines) is 2. The van der Waals surface area contributed by atoms with Gasteiger partial charge in [0.1, 0.15) is 17.5 Å². The first kappa shape index (κ1) is 24.9. The number of carbonyl (C=O) groups excluding carboxylic acids is 2. The van der Waals surface area contributed by atoms with E-state index in [1.54, 1.807) is 29.7 Å². The summed E-state index contributed by atoms with van der Waals surface area (Å²) in [5, 5.41) is 15.3. The van der Waals surface area contributed by atoms with E-state index >= 15 is 0 Å². The third-order valence-electron chi connectivity index (χ3n) is 7.61. The molecule has 2 saturated heterocycles. The van der Waals surface area contributed by atoms with Crippen molar-refractivity contribution in [2.75, 3.05) is 25.0 Å². The zero-order valence-corrected chi connectivity index (χ0v) is 21.3. The van der Waals surface area contributed by atoms with Gasteiger partial charge in [-0.1, -0.05) is 18.2 Å². The van der Waals surface area contributed by atoms with Crippen molar-refractivity contribution in [1.82, 2.24) is 39.8 Å². The summed E-state index contributed by atoms with van der Waals surface area (Å²) in [6.07, 6.45) is -2.17. The van der Waals surface area contributed by atoms with E-state index in [1.165, 1.54) is 23.6 Å². The molecule has 2 fully saturated rings. The van der Waals surface area contributed by atoms with Crippen LogP contribution < -0.4 is 5.32 Å². The van der Waals surface area contributed by atoms with Gasteiger partial charge in [0.25, 0.3) is 12.3 Å². The van der Waals surface area contributed by atoms with Crippen molar-refractivity contribution in [2.24, 2.45) is 0 Å². The molecule has 1 spiro atoms. The van der Waals surface area contributed by atoms with Crippen molar-refractivity contribution in [3.63, 3.8) is 0 Å². The van der Waals surface area contributed by atoms with Gasteiger partial charge in [-0.25, -0.2) is 23.1 Å². The van der Waals surface area contributed by atoms with E-state index in [-0.39, 0.29) is 34.4 Å². The van der Waals surface area contributed by atoms with Gasteiger partial charge in [0.05, 0.1) is 28.1 Å². The average molecular weight is 540 g/mol. The first-order valence-corrected chi connectivity index (χ1v) is 12.4. The van der Waals surface area contributed by atoms with Crippen LogP contribution in [-0.2, 0) is 4.79 Å². The second-order valence-corrected chi connectivity index (χ2v) is 10.1. The molecule has 2 amide bonds. The number of hydrogen-bond donors (Lipinski definition) is 1. The number of alkyl halides is 2. The molecule has 2 aliphatic rings. The number of hydrogen-bond acceptors (Lipinski definition) is 8. The van der Waals surface area contributed by atoms with Crippen LogP contribution in [0.15, 0.2) is 24.3 Å². The first-order chi connectivity index (χ1) is 18.6. The molecule has 11 nitrogen and oxygen atoms in total. The number of tetrazole rings is 1. The van der Waals surface area contributed by atoms with E-state index in [1.807, 2.05) is 0 Å². The van der Waals surface area contributed by atoms with Gasteiger partial charge in [0.15, 0.2) is 11.3 Å². The molecule has 0 bridgehead atoms. The Kier molecular flexibility index (Phi) is 5.66. The van der Waals surface area contributed by atoms with Crippen molar-refractivity contribution in [1.29, 1.82) is 0 Å². The fraction of sp³-hybridized carbons (Fsp3) is 0.400. The molecule has 1 aromatic carbocycles. The molecular weight excluding hydrogens is 515 g/mol. The number of benzene rings is 1. The van der Waals surface area contributed by atoms with E-state index in [0.29, 0.717) is 36.5 Å². The SMILES string of the molecule is CC(=O)N1CC2(CCN2C(=O)c2cc3c(N[C@H](C)c4cccc(C(F)F)c4F)nc(C)nc3n3nnnc23)C1. The monoisotopic (exact) mass is 539 g/mol. The first-order valence-electron chi connectivity index (χ1n) is 12.4. The zero-order chi connectivity index (χ0) is 27.6. The summed E-state index contributed by atoms with van der Waals surface area (Å²) < 4.78 is 42.8. The number of nitrogens with one attached hydrogen (secondary N) is 1. The molecule has 39 heavy (non-hydrogen) atoms. The Labute approximate surface area is 220 Å². The lowest BCUT2D eigenvalue weighted by Gasteiger charge is -2.62. The Bertz CT molecular complexity index is 1650. The molecule has 0 aliphatic carbocycles. The van der Waals surface area contributed by atoms with Crippen LogP contribution in [0.3, 0.4) is 0 Å². The number of halogens is 3. The van der Waals surface area contributed by atoms with Gasteiger partial charge in [-0.05, 0) is 36.8 Å². The minimum atomic E-state index is -2.95. The van der Waals surface area contributed by atoms with Crippen molar-refractivity contribution < 1.29 is 22.8 Å². The Hall–Kier alpha value is -4.36. The Morgan fingerprint density at radius 2 is 1.87 bits per heavy atom. The minimum absolute atomic E-state index is 0.0393. The molecule has 14 heteroatoms. The second-order valence-electron chi connectivity index (χ2n) is 10.1. The molecule has 1 N–H and O–H groups in total. The Balaban J connectivity index is 1.41. The number of amides is 2. The highest BCUT2D eigenvalue weighted by atomic mass is 19.3. The van der Waals surface area contributed by atoms with Crippen LogP contribution in [0.1, 0.15) is 60.0 Å². The van der Waals surface area contributed by atoms with Crippen molar-refractivity contribution in [3.05, 3.63) is 52.6 Å². The van der Waals surface area contributed by atoms with E-state index in [0.717, 1.165) is 12.5 Å². The lowest BCUT2D eigenvalue weighted by molar-refractivity contribution is -0.151. The summed E-state index contributed by atoms with van der Waals surface area (Å²) in [4.78, 5) is 37.8.